The first kappa shape index (κ1) is 14.2. The third-order valence-electron chi connectivity index (χ3n) is 4.26. The highest BCUT2D eigenvalue weighted by molar-refractivity contribution is 5.32. The van der Waals surface area contributed by atoms with E-state index in [-0.39, 0.29) is 12.0 Å². The first-order valence-electron chi connectivity index (χ1n) is 7.78. The van der Waals surface area contributed by atoms with Gasteiger partial charge in [-0.15, -0.1) is 0 Å². The molecular weight excluding hydrogens is 260 g/mol. The summed E-state index contributed by atoms with van der Waals surface area (Å²) in [6.45, 7) is 0.581. The summed E-state index contributed by atoms with van der Waals surface area (Å²) >= 11 is 0. The molecule has 0 unspecified atom stereocenters. The lowest BCUT2D eigenvalue weighted by Crippen LogP contribution is -2.22. The highest BCUT2D eigenvalue weighted by Crippen LogP contribution is 2.34. The lowest BCUT2D eigenvalue weighted by atomic mass is 9.82. The van der Waals surface area contributed by atoms with Gasteiger partial charge in [0.2, 0.25) is 0 Å². The Hall–Kier alpha value is -1.80. The zero-order valence-corrected chi connectivity index (χ0v) is 12.2. The minimum Gasteiger partial charge on any atom is -0.489 e. The Balaban J connectivity index is 1.68. The molecule has 0 amide bonds. The first-order valence-corrected chi connectivity index (χ1v) is 7.78. The minimum absolute atomic E-state index is 0.205. The molecule has 2 aromatic rings. The van der Waals surface area contributed by atoms with Crippen LogP contribution >= 0.6 is 0 Å². The largest absolute Gasteiger partial charge is 0.489 e. The predicted octanol–water partition coefficient (Wildman–Crippen LogP) is 4.28. The summed E-state index contributed by atoms with van der Waals surface area (Å²) in [6.07, 6.45) is 4.13. The second-order valence-corrected chi connectivity index (χ2v) is 5.81. The van der Waals surface area contributed by atoms with Gasteiger partial charge >= 0.3 is 0 Å². The maximum absolute atomic E-state index is 10.2. The second kappa shape index (κ2) is 6.77. The van der Waals surface area contributed by atoms with Gasteiger partial charge in [-0.25, -0.2) is 0 Å². The molecule has 0 spiro atoms. The van der Waals surface area contributed by atoms with Crippen molar-refractivity contribution in [3.63, 3.8) is 0 Å². The standard InChI is InChI=1S/C19H22O2/c20-19-12-5-4-11-18(19)16-9-6-10-17(13-16)21-14-15-7-2-1-3-8-15/h1-3,6-10,13,18-20H,4-5,11-12,14H2/t18-,19+/m0/s1. The van der Waals surface area contributed by atoms with E-state index in [1.807, 2.05) is 30.3 Å². The third-order valence-corrected chi connectivity index (χ3v) is 4.26. The fourth-order valence-electron chi connectivity index (χ4n) is 3.08. The van der Waals surface area contributed by atoms with E-state index in [4.69, 9.17) is 4.74 Å². The van der Waals surface area contributed by atoms with Crippen molar-refractivity contribution in [3.05, 3.63) is 65.7 Å². The van der Waals surface area contributed by atoms with E-state index < -0.39 is 0 Å². The molecule has 0 radical (unpaired) electrons. The number of hydrogen-bond donors (Lipinski definition) is 1. The number of aliphatic hydroxyl groups excluding tert-OH is 1. The van der Waals surface area contributed by atoms with Gasteiger partial charge in [0.1, 0.15) is 12.4 Å². The molecule has 0 heterocycles. The topological polar surface area (TPSA) is 29.5 Å². The highest BCUT2D eigenvalue weighted by atomic mass is 16.5. The SMILES string of the molecule is O[C@@H]1CCCC[C@H]1c1cccc(OCc2ccccc2)c1. The number of aliphatic hydroxyl groups is 1. The van der Waals surface area contributed by atoms with Crippen LogP contribution in [0.4, 0.5) is 0 Å². The first-order chi connectivity index (χ1) is 10.3. The second-order valence-electron chi connectivity index (χ2n) is 5.81. The normalized spacial score (nSPS) is 22.0. The van der Waals surface area contributed by atoms with Gasteiger partial charge in [-0.3, -0.25) is 0 Å². The third kappa shape index (κ3) is 3.64. The van der Waals surface area contributed by atoms with Crippen molar-refractivity contribution in [3.8, 4) is 5.75 Å². The predicted molar refractivity (Wildman–Crippen MR) is 84.4 cm³/mol. The fraction of sp³-hybridized carbons (Fsp3) is 0.368. The van der Waals surface area contributed by atoms with Gasteiger partial charge in [0, 0.05) is 5.92 Å². The zero-order valence-electron chi connectivity index (χ0n) is 12.2. The van der Waals surface area contributed by atoms with Crippen molar-refractivity contribution in [2.75, 3.05) is 0 Å². The van der Waals surface area contributed by atoms with E-state index in [0.717, 1.165) is 25.0 Å². The maximum Gasteiger partial charge on any atom is 0.120 e. The maximum atomic E-state index is 10.2. The zero-order chi connectivity index (χ0) is 14.5. The van der Waals surface area contributed by atoms with Crippen LogP contribution in [0.2, 0.25) is 0 Å². The van der Waals surface area contributed by atoms with Crippen molar-refractivity contribution in [1.29, 1.82) is 0 Å². The van der Waals surface area contributed by atoms with Crippen LogP contribution in [-0.4, -0.2) is 11.2 Å². The molecule has 2 nitrogen and oxygen atoms in total. The Morgan fingerprint density at radius 2 is 1.76 bits per heavy atom. The number of hydrogen-bond acceptors (Lipinski definition) is 2. The van der Waals surface area contributed by atoms with Gasteiger partial charge in [0.25, 0.3) is 0 Å². The van der Waals surface area contributed by atoms with E-state index >= 15 is 0 Å². The summed E-state index contributed by atoms with van der Waals surface area (Å²) in [4.78, 5) is 0. The van der Waals surface area contributed by atoms with Crippen molar-refractivity contribution in [1.82, 2.24) is 0 Å². The molecule has 110 valence electrons. The van der Waals surface area contributed by atoms with E-state index in [0.29, 0.717) is 6.61 Å². The summed E-state index contributed by atoms with van der Waals surface area (Å²) < 4.78 is 5.88. The number of ether oxygens (including phenoxy) is 1. The molecule has 2 heteroatoms. The molecule has 1 fully saturated rings. The Morgan fingerprint density at radius 3 is 2.57 bits per heavy atom. The summed E-state index contributed by atoms with van der Waals surface area (Å²) in [7, 11) is 0. The Bertz CT molecular complexity index is 565. The smallest absolute Gasteiger partial charge is 0.120 e. The minimum atomic E-state index is -0.205. The van der Waals surface area contributed by atoms with Gasteiger partial charge in [0.15, 0.2) is 0 Å². The highest BCUT2D eigenvalue weighted by Gasteiger charge is 2.24. The summed E-state index contributed by atoms with van der Waals surface area (Å²) in [6, 6.07) is 18.4. The summed E-state index contributed by atoms with van der Waals surface area (Å²) in [5.41, 5.74) is 2.37. The molecular formula is C19H22O2. The van der Waals surface area contributed by atoms with Crippen LogP contribution in [0.25, 0.3) is 0 Å². The Kier molecular flexibility index (Phi) is 4.56. The molecule has 1 aliphatic rings. The summed E-state index contributed by atoms with van der Waals surface area (Å²) in [5, 5.41) is 10.2. The molecule has 3 rings (SSSR count). The number of rotatable bonds is 4. The van der Waals surface area contributed by atoms with Crippen LogP contribution in [-0.2, 0) is 6.61 Å². The quantitative estimate of drug-likeness (QED) is 0.906. The van der Waals surface area contributed by atoms with Crippen molar-refractivity contribution in [2.24, 2.45) is 0 Å². The lowest BCUT2D eigenvalue weighted by Gasteiger charge is -2.28. The molecule has 1 saturated carbocycles. The lowest BCUT2D eigenvalue weighted by molar-refractivity contribution is 0.106. The van der Waals surface area contributed by atoms with Crippen molar-refractivity contribution in [2.45, 2.75) is 44.3 Å². The molecule has 2 atom stereocenters. The molecule has 0 aliphatic heterocycles. The van der Waals surface area contributed by atoms with E-state index in [1.54, 1.807) is 0 Å². The van der Waals surface area contributed by atoms with Gasteiger partial charge in [-0.05, 0) is 36.1 Å². The van der Waals surface area contributed by atoms with Crippen LogP contribution < -0.4 is 4.74 Å². The monoisotopic (exact) mass is 282 g/mol. The van der Waals surface area contributed by atoms with Crippen LogP contribution in [0, 0.1) is 0 Å². The molecule has 1 aliphatic carbocycles. The average molecular weight is 282 g/mol. The van der Waals surface area contributed by atoms with E-state index in [2.05, 4.69) is 24.3 Å². The molecule has 0 saturated heterocycles. The van der Waals surface area contributed by atoms with Gasteiger partial charge in [0.05, 0.1) is 6.10 Å². The number of benzene rings is 2. The van der Waals surface area contributed by atoms with Crippen molar-refractivity contribution < 1.29 is 9.84 Å². The Labute approximate surface area is 126 Å². The van der Waals surface area contributed by atoms with Gasteiger partial charge in [-0.1, -0.05) is 55.3 Å². The van der Waals surface area contributed by atoms with Crippen LogP contribution in [0.5, 0.6) is 5.75 Å². The molecule has 0 bridgehead atoms. The van der Waals surface area contributed by atoms with Crippen LogP contribution in [0.3, 0.4) is 0 Å². The molecule has 1 N–H and O–H groups in total. The summed E-state index contributed by atoms with van der Waals surface area (Å²) in [5.74, 6) is 1.15. The van der Waals surface area contributed by atoms with Crippen LogP contribution in [0.15, 0.2) is 54.6 Å². The van der Waals surface area contributed by atoms with Gasteiger partial charge < -0.3 is 9.84 Å². The Morgan fingerprint density at radius 1 is 0.952 bits per heavy atom. The molecule has 21 heavy (non-hydrogen) atoms. The molecule has 0 aromatic heterocycles. The van der Waals surface area contributed by atoms with Gasteiger partial charge in [-0.2, -0.15) is 0 Å². The van der Waals surface area contributed by atoms with E-state index in [1.165, 1.54) is 17.5 Å². The fourth-order valence-corrected chi connectivity index (χ4v) is 3.08. The van der Waals surface area contributed by atoms with E-state index in [9.17, 15) is 5.11 Å². The van der Waals surface area contributed by atoms with Crippen LogP contribution in [0.1, 0.15) is 42.7 Å². The van der Waals surface area contributed by atoms with Crippen molar-refractivity contribution >= 4 is 0 Å². The average Bonchev–Trinajstić information content (AvgIpc) is 2.55. The molecule has 2 aromatic carbocycles.